The third kappa shape index (κ3) is 22.5. The molecule has 1 N–H and O–H groups in total. The van der Waals surface area contributed by atoms with Crippen LogP contribution in [-0.4, -0.2) is 30.4 Å². The maximum absolute atomic E-state index is 9.52. The zero-order valence-corrected chi connectivity index (χ0v) is 11.4. The van der Waals surface area contributed by atoms with Crippen molar-refractivity contribution in [3.05, 3.63) is 0 Å². The summed E-state index contributed by atoms with van der Waals surface area (Å²) in [6.45, 7) is -0.591. The van der Waals surface area contributed by atoms with Gasteiger partial charge in [-0.1, -0.05) is 0 Å². The Labute approximate surface area is 111 Å². The Kier molecular flexibility index (Phi) is 25.4. The van der Waals surface area contributed by atoms with Crippen molar-refractivity contribution in [2.45, 2.75) is 0 Å². The molecule has 0 aromatic carbocycles. The van der Waals surface area contributed by atoms with Crippen LogP contribution in [0, 0.1) is 0 Å². The zero-order valence-electron chi connectivity index (χ0n) is 5.87. The van der Waals surface area contributed by atoms with Crippen molar-refractivity contribution in [3.8, 4) is 0 Å². The van der Waals surface area contributed by atoms with E-state index < -0.39 is 22.5 Å². The molecule has 0 aliphatic heterocycles. The van der Waals surface area contributed by atoms with Crippen molar-refractivity contribution in [1.82, 2.24) is 0 Å². The normalized spacial score (nSPS) is 8.20. The Bertz CT molecular complexity index is 134. The number of halogens is 1. The molecule has 0 heterocycles. The van der Waals surface area contributed by atoms with Gasteiger partial charge in [-0.05, 0) is 0 Å². The molecule has 0 rings (SSSR count). The SMILES string of the molecule is O=S(=O)([O-])CCO.[Cl-].[Na+].[Na+]. The molecule has 0 saturated carbocycles. The van der Waals surface area contributed by atoms with E-state index in [1.165, 1.54) is 0 Å². The molecule has 0 radical (unpaired) electrons. The van der Waals surface area contributed by atoms with Gasteiger partial charge in [0.25, 0.3) is 0 Å². The molecule has 0 saturated heterocycles. The minimum Gasteiger partial charge on any atom is -1.00 e. The van der Waals surface area contributed by atoms with Gasteiger partial charge in [-0.2, -0.15) is 0 Å². The summed E-state index contributed by atoms with van der Waals surface area (Å²) in [6, 6.07) is 0. The zero-order chi connectivity index (χ0) is 5.91. The second-order valence-electron chi connectivity index (χ2n) is 0.985. The van der Waals surface area contributed by atoms with Crippen LogP contribution in [-0.2, 0) is 10.1 Å². The van der Waals surface area contributed by atoms with E-state index in [1.54, 1.807) is 0 Å². The van der Waals surface area contributed by atoms with Crippen molar-refractivity contribution in [2.75, 3.05) is 12.4 Å². The van der Waals surface area contributed by atoms with Crippen LogP contribution in [0.25, 0.3) is 0 Å². The van der Waals surface area contributed by atoms with E-state index in [4.69, 9.17) is 5.11 Å². The first-order chi connectivity index (χ1) is 3.06. The van der Waals surface area contributed by atoms with Gasteiger partial charge in [0.2, 0.25) is 0 Å². The maximum Gasteiger partial charge on any atom is 1.00 e. The predicted octanol–water partition coefficient (Wildman–Crippen LogP) is -10.5. The summed E-state index contributed by atoms with van der Waals surface area (Å²) in [5, 5.41) is 7.82. The Morgan fingerprint density at radius 1 is 1.30 bits per heavy atom. The van der Waals surface area contributed by atoms with Gasteiger partial charge in [-0.15, -0.1) is 0 Å². The summed E-state index contributed by atoms with van der Waals surface area (Å²) in [5.41, 5.74) is 0. The van der Waals surface area contributed by atoms with Gasteiger partial charge in [0.15, 0.2) is 0 Å². The van der Waals surface area contributed by atoms with Gasteiger partial charge in [0.05, 0.1) is 22.5 Å². The molecule has 8 heteroatoms. The molecule has 0 spiro atoms. The molecule has 0 amide bonds. The van der Waals surface area contributed by atoms with E-state index in [-0.39, 0.29) is 71.5 Å². The minimum atomic E-state index is -4.17. The fraction of sp³-hybridized carbons (Fsp3) is 1.00. The minimum absolute atomic E-state index is 0. The molecule has 0 aliphatic rings. The molecular weight excluding hydrogens is 202 g/mol. The third-order valence-electron chi connectivity index (χ3n) is 0.341. The molecule has 10 heavy (non-hydrogen) atoms. The van der Waals surface area contributed by atoms with Crippen LogP contribution in [0.15, 0.2) is 0 Å². The van der Waals surface area contributed by atoms with E-state index in [1.807, 2.05) is 0 Å². The molecule has 0 aromatic heterocycles. The average Bonchev–Trinajstić information content (AvgIpc) is 1.30. The number of rotatable bonds is 2. The smallest absolute Gasteiger partial charge is 1.00 e. The summed E-state index contributed by atoms with van der Waals surface area (Å²) in [5.74, 6) is -0.688. The molecule has 0 unspecified atom stereocenters. The van der Waals surface area contributed by atoms with Crippen LogP contribution in [0.4, 0.5) is 0 Å². The predicted molar refractivity (Wildman–Crippen MR) is 21.6 cm³/mol. The van der Waals surface area contributed by atoms with Crippen LogP contribution in [0.3, 0.4) is 0 Å². The van der Waals surface area contributed by atoms with E-state index >= 15 is 0 Å². The van der Waals surface area contributed by atoms with Crippen molar-refractivity contribution in [3.63, 3.8) is 0 Å². The molecule has 0 aromatic rings. The largest absolute Gasteiger partial charge is 1.00 e. The molecular formula is C2H5ClNa2O4S. The van der Waals surface area contributed by atoms with Gasteiger partial charge in [0, 0.05) is 0 Å². The maximum atomic E-state index is 9.52. The second-order valence-corrected chi connectivity index (χ2v) is 2.51. The monoisotopic (exact) mass is 206 g/mol. The van der Waals surface area contributed by atoms with E-state index in [0.29, 0.717) is 0 Å². The van der Waals surface area contributed by atoms with Crippen molar-refractivity contribution >= 4 is 10.1 Å². The van der Waals surface area contributed by atoms with Gasteiger partial charge in [-0.25, -0.2) is 8.42 Å². The van der Waals surface area contributed by atoms with Crippen molar-refractivity contribution in [2.24, 2.45) is 0 Å². The van der Waals surface area contributed by atoms with Crippen molar-refractivity contribution in [1.29, 1.82) is 0 Å². The molecule has 0 aliphatic carbocycles. The van der Waals surface area contributed by atoms with E-state index in [9.17, 15) is 13.0 Å². The van der Waals surface area contributed by atoms with Crippen LogP contribution < -0.4 is 71.5 Å². The first-order valence-corrected chi connectivity index (χ1v) is 3.18. The molecule has 0 fully saturated rings. The number of aliphatic hydroxyl groups excluding tert-OH is 1. The fourth-order valence-electron chi connectivity index (χ4n) is 0.112. The number of hydrogen-bond donors (Lipinski definition) is 1. The van der Waals surface area contributed by atoms with Crippen molar-refractivity contribution < 1.29 is 89.6 Å². The first-order valence-electron chi connectivity index (χ1n) is 1.60. The van der Waals surface area contributed by atoms with E-state index in [0.717, 1.165) is 0 Å². The number of hydrogen-bond acceptors (Lipinski definition) is 4. The van der Waals surface area contributed by atoms with Crippen LogP contribution in [0.5, 0.6) is 0 Å². The van der Waals surface area contributed by atoms with Crippen LogP contribution in [0.1, 0.15) is 0 Å². The Balaban J connectivity index is -0.0000000600. The van der Waals surface area contributed by atoms with Crippen LogP contribution >= 0.6 is 0 Å². The Morgan fingerprint density at radius 2 is 1.60 bits per heavy atom. The third-order valence-corrected chi connectivity index (χ3v) is 1.02. The standard InChI is InChI=1S/C2H6O4S.ClH.2Na/c3-1-2-7(4,5)6;;;/h3H,1-2H2,(H,4,5,6);1H;;/q;;2*+1/p-2. The van der Waals surface area contributed by atoms with E-state index in [2.05, 4.69) is 0 Å². The second kappa shape index (κ2) is 11.2. The van der Waals surface area contributed by atoms with Gasteiger partial charge >= 0.3 is 59.1 Å². The van der Waals surface area contributed by atoms with Gasteiger partial charge in [-0.3, -0.25) is 0 Å². The summed E-state index contributed by atoms with van der Waals surface area (Å²) in [7, 11) is -4.17. The first kappa shape index (κ1) is 22.7. The fourth-order valence-corrected chi connectivity index (χ4v) is 0.335. The van der Waals surface area contributed by atoms with Gasteiger partial charge < -0.3 is 22.1 Å². The summed E-state index contributed by atoms with van der Waals surface area (Å²) in [6.07, 6.45) is 0. The van der Waals surface area contributed by atoms with Crippen LogP contribution in [0.2, 0.25) is 0 Å². The molecule has 4 nitrogen and oxygen atoms in total. The summed E-state index contributed by atoms with van der Waals surface area (Å²) >= 11 is 0. The Hall–Kier alpha value is 2.16. The molecule has 0 bridgehead atoms. The average molecular weight is 207 g/mol. The Morgan fingerprint density at radius 3 is 1.60 bits per heavy atom. The quantitative estimate of drug-likeness (QED) is 0.360. The number of aliphatic hydroxyl groups is 1. The van der Waals surface area contributed by atoms with Gasteiger partial charge in [0.1, 0.15) is 0 Å². The topological polar surface area (TPSA) is 77.4 Å². The summed E-state index contributed by atoms with van der Waals surface area (Å²) in [4.78, 5) is 0. The molecule has 0 atom stereocenters. The molecule has 52 valence electrons. The summed E-state index contributed by atoms with van der Waals surface area (Å²) < 4.78 is 28.5.